The lowest BCUT2D eigenvalue weighted by atomic mass is 9.99. The van der Waals surface area contributed by atoms with E-state index in [9.17, 15) is 0 Å². The van der Waals surface area contributed by atoms with E-state index in [2.05, 4.69) is 61.1 Å². The number of piperidine rings is 1. The van der Waals surface area contributed by atoms with Gasteiger partial charge in [-0.05, 0) is 64.3 Å². The van der Waals surface area contributed by atoms with E-state index in [0.29, 0.717) is 5.92 Å². The number of hydrogen-bond acceptors (Lipinski definition) is 3. The van der Waals surface area contributed by atoms with E-state index in [1.165, 1.54) is 36.1 Å². The Kier molecular flexibility index (Phi) is 9.50. The fraction of sp³-hybridized carbons (Fsp3) is 0.682. The van der Waals surface area contributed by atoms with Crippen molar-refractivity contribution in [3.8, 4) is 0 Å². The van der Waals surface area contributed by atoms with Gasteiger partial charge in [-0.15, -0.1) is 24.0 Å². The van der Waals surface area contributed by atoms with Crippen LogP contribution in [0.25, 0.3) is 0 Å². The molecule has 2 saturated heterocycles. The van der Waals surface area contributed by atoms with E-state index >= 15 is 0 Å². The lowest BCUT2D eigenvalue weighted by Crippen LogP contribution is -2.48. The molecule has 1 aromatic carbocycles. The molecule has 0 aromatic heterocycles. The van der Waals surface area contributed by atoms with Crippen molar-refractivity contribution in [2.45, 2.75) is 39.7 Å². The maximum Gasteiger partial charge on any atom is 0.194 e. The molecule has 0 saturated carbocycles. The predicted octanol–water partition coefficient (Wildman–Crippen LogP) is 3.60. The third kappa shape index (κ3) is 6.32. The van der Waals surface area contributed by atoms with Gasteiger partial charge >= 0.3 is 0 Å². The molecule has 0 radical (unpaired) electrons. The third-order valence-corrected chi connectivity index (χ3v) is 5.69. The molecule has 2 aliphatic heterocycles. The van der Waals surface area contributed by atoms with Crippen molar-refractivity contribution in [1.82, 2.24) is 15.1 Å². The highest BCUT2D eigenvalue weighted by Crippen LogP contribution is 2.26. The summed E-state index contributed by atoms with van der Waals surface area (Å²) in [5.74, 6) is 1.72. The van der Waals surface area contributed by atoms with Gasteiger partial charge < -0.3 is 19.9 Å². The normalized spacial score (nSPS) is 24.0. The van der Waals surface area contributed by atoms with Crippen molar-refractivity contribution in [2.24, 2.45) is 10.9 Å². The summed E-state index contributed by atoms with van der Waals surface area (Å²) in [5.41, 5.74) is 3.92. The first-order chi connectivity index (χ1) is 13.1. The van der Waals surface area contributed by atoms with Crippen LogP contribution in [0.15, 0.2) is 23.2 Å². The number of benzene rings is 1. The minimum atomic E-state index is 0. The molecule has 6 heteroatoms. The maximum absolute atomic E-state index is 6.12. The monoisotopic (exact) mass is 500 g/mol. The average Bonchev–Trinajstić information content (AvgIpc) is 2.65. The van der Waals surface area contributed by atoms with Gasteiger partial charge in [0.2, 0.25) is 0 Å². The number of hydrogen-bond donors (Lipinski definition) is 1. The molecule has 0 bridgehead atoms. The van der Waals surface area contributed by atoms with Crippen LogP contribution < -0.4 is 5.32 Å². The van der Waals surface area contributed by atoms with E-state index in [4.69, 9.17) is 9.73 Å². The Labute approximate surface area is 187 Å². The Hall–Kier alpha value is -0.860. The minimum absolute atomic E-state index is 0. The molecule has 158 valence electrons. The van der Waals surface area contributed by atoms with E-state index in [1.807, 2.05) is 0 Å². The zero-order chi connectivity index (χ0) is 19.2. The maximum atomic E-state index is 6.12. The molecule has 5 nitrogen and oxygen atoms in total. The summed E-state index contributed by atoms with van der Waals surface area (Å²) in [6, 6.07) is 6.65. The van der Waals surface area contributed by atoms with E-state index in [0.717, 1.165) is 45.3 Å². The number of aryl methyl sites for hydroxylation is 2. The lowest BCUT2D eigenvalue weighted by molar-refractivity contribution is -0.00837. The summed E-state index contributed by atoms with van der Waals surface area (Å²) < 4.78 is 6.12. The fourth-order valence-corrected chi connectivity index (χ4v) is 4.28. The highest BCUT2D eigenvalue weighted by Gasteiger charge is 2.26. The molecule has 28 heavy (non-hydrogen) atoms. The smallest absolute Gasteiger partial charge is 0.194 e. The van der Waals surface area contributed by atoms with Gasteiger partial charge in [-0.2, -0.15) is 0 Å². The number of ether oxygens (including phenoxy) is 1. The van der Waals surface area contributed by atoms with Crippen molar-refractivity contribution in [3.05, 3.63) is 34.9 Å². The molecule has 2 heterocycles. The molecule has 0 aliphatic carbocycles. The Morgan fingerprint density at radius 2 is 2.07 bits per heavy atom. The van der Waals surface area contributed by atoms with Crippen LogP contribution in [0.5, 0.6) is 0 Å². The van der Waals surface area contributed by atoms with Crippen LogP contribution in [0.3, 0.4) is 0 Å². The standard InChI is InChI=1S/C22H36N4O.HI/c1-5-23-22(24-14-19-7-6-10-25(4)15-19)26-11-12-27-21(16-26)20-9-8-17(2)13-18(20)3;/h8-9,13,19,21H,5-7,10-12,14-16H2,1-4H3,(H,23,24);1H. The topological polar surface area (TPSA) is 40.1 Å². The molecule has 2 atom stereocenters. The van der Waals surface area contributed by atoms with Gasteiger partial charge in [0.15, 0.2) is 5.96 Å². The van der Waals surface area contributed by atoms with Crippen LogP contribution >= 0.6 is 24.0 Å². The van der Waals surface area contributed by atoms with Crippen molar-refractivity contribution in [1.29, 1.82) is 0 Å². The molecule has 2 aliphatic rings. The predicted molar refractivity (Wildman–Crippen MR) is 128 cm³/mol. The Morgan fingerprint density at radius 3 is 2.79 bits per heavy atom. The van der Waals surface area contributed by atoms with Gasteiger partial charge in [0, 0.05) is 26.2 Å². The van der Waals surface area contributed by atoms with E-state index < -0.39 is 0 Å². The number of halogens is 1. The van der Waals surface area contributed by atoms with Crippen LogP contribution in [0.2, 0.25) is 0 Å². The number of guanidine groups is 1. The third-order valence-electron chi connectivity index (χ3n) is 5.69. The highest BCUT2D eigenvalue weighted by atomic mass is 127. The molecule has 1 aromatic rings. The van der Waals surface area contributed by atoms with Gasteiger partial charge in [-0.3, -0.25) is 4.99 Å². The SMILES string of the molecule is CCNC(=NCC1CCCN(C)C1)N1CCOC(c2ccc(C)cc2C)C1.I. The van der Waals surface area contributed by atoms with Gasteiger partial charge in [0.05, 0.1) is 13.2 Å². The van der Waals surface area contributed by atoms with Gasteiger partial charge in [0.25, 0.3) is 0 Å². The zero-order valence-electron chi connectivity index (χ0n) is 17.9. The first-order valence-electron chi connectivity index (χ1n) is 10.5. The summed E-state index contributed by atoms with van der Waals surface area (Å²) in [6.45, 7) is 13.2. The second-order valence-corrected chi connectivity index (χ2v) is 8.13. The number of likely N-dealkylation sites (tertiary alicyclic amines) is 1. The molecule has 2 fully saturated rings. The van der Waals surface area contributed by atoms with E-state index in [-0.39, 0.29) is 30.1 Å². The zero-order valence-corrected chi connectivity index (χ0v) is 20.2. The van der Waals surface area contributed by atoms with Crippen LogP contribution in [-0.2, 0) is 4.74 Å². The van der Waals surface area contributed by atoms with Gasteiger partial charge in [0.1, 0.15) is 6.10 Å². The number of morpholine rings is 1. The number of aliphatic imine (C=N–C) groups is 1. The summed E-state index contributed by atoms with van der Waals surface area (Å²) in [7, 11) is 2.22. The van der Waals surface area contributed by atoms with Crippen molar-refractivity contribution >= 4 is 29.9 Å². The summed E-state index contributed by atoms with van der Waals surface area (Å²) in [5, 5.41) is 3.51. The number of rotatable bonds is 4. The molecule has 2 unspecified atom stereocenters. The molecule has 1 N–H and O–H groups in total. The van der Waals surface area contributed by atoms with Crippen molar-refractivity contribution in [3.63, 3.8) is 0 Å². The van der Waals surface area contributed by atoms with Crippen LogP contribution in [0.1, 0.15) is 42.6 Å². The quantitative estimate of drug-likeness (QED) is 0.390. The highest BCUT2D eigenvalue weighted by molar-refractivity contribution is 14.0. The molecular weight excluding hydrogens is 463 g/mol. The molecule has 0 spiro atoms. The number of nitrogens with zero attached hydrogens (tertiary/aromatic N) is 3. The molecule has 0 amide bonds. The Bertz CT molecular complexity index is 651. The van der Waals surface area contributed by atoms with Gasteiger partial charge in [-0.1, -0.05) is 23.8 Å². The van der Waals surface area contributed by atoms with Crippen molar-refractivity contribution < 1.29 is 4.74 Å². The average molecular weight is 500 g/mol. The lowest BCUT2D eigenvalue weighted by Gasteiger charge is -2.36. The minimum Gasteiger partial charge on any atom is -0.370 e. The largest absolute Gasteiger partial charge is 0.370 e. The van der Waals surface area contributed by atoms with Crippen molar-refractivity contribution in [2.75, 3.05) is 52.9 Å². The fourth-order valence-electron chi connectivity index (χ4n) is 4.28. The molecule has 3 rings (SSSR count). The first-order valence-corrected chi connectivity index (χ1v) is 10.5. The van der Waals surface area contributed by atoms with Gasteiger partial charge in [-0.25, -0.2) is 0 Å². The van der Waals surface area contributed by atoms with Crippen LogP contribution in [0.4, 0.5) is 0 Å². The van der Waals surface area contributed by atoms with Crippen LogP contribution in [-0.4, -0.2) is 68.7 Å². The summed E-state index contributed by atoms with van der Waals surface area (Å²) in [4.78, 5) is 9.82. The van der Waals surface area contributed by atoms with Crippen LogP contribution in [0, 0.1) is 19.8 Å². The summed E-state index contributed by atoms with van der Waals surface area (Å²) >= 11 is 0. The number of nitrogens with one attached hydrogen (secondary N) is 1. The Morgan fingerprint density at radius 1 is 1.25 bits per heavy atom. The first kappa shape index (κ1) is 23.4. The van der Waals surface area contributed by atoms with E-state index in [1.54, 1.807) is 0 Å². The molecular formula is C22H37IN4O. The second kappa shape index (κ2) is 11.4. The second-order valence-electron chi connectivity index (χ2n) is 8.13. The Balaban J connectivity index is 0.00000280. The summed E-state index contributed by atoms with van der Waals surface area (Å²) in [6.07, 6.45) is 2.70.